The molecule has 2 aliphatic rings. The predicted octanol–water partition coefficient (Wildman–Crippen LogP) is 1.39. The van der Waals surface area contributed by atoms with E-state index in [1.54, 1.807) is 0 Å². The van der Waals surface area contributed by atoms with Crippen LogP contribution in [0.15, 0.2) is 24.4 Å². The topological polar surface area (TPSA) is 95.2 Å². The second kappa shape index (κ2) is 7.33. The second-order valence-electron chi connectivity index (χ2n) is 6.91. The van der Waals surface area contributed by atoms with Gasteiger partial charge in [-0.1, -0.05) is 6.07 Å². The van der Waals surface area contributed by atoms with E-state index in [1.807, 2.05) is 25.4 Å². The summed E-state index contributed by atoms with van der Waals surface area (Å²) in [5, 5.41) is 6.58. The second-order valence-corrected chi connectivity index (χ2v) is 6.91. The number of nitrogens with one attached hydrogen (secondary N) is 2. The van der Waals surface area contributed by atoms with E-state index in [9.17, 15) is 0 Å². The Kier molecular flexibility index (Phi) is 4.75. The van der Waals surface area contributed by atoms with Gasteiger partial charge in [-0.2, -0.15) is 9.97 Å². The van der Waals surface area contributed by atoms with Gasteiger partial charge in [0.1, 0.15) is 17.5 Å². The lowest BCUT2D eigenvalue weighted by molar-refractivity contribution is 0.249. The monoisotopic (exact) mass is 354 g/mol. The molecule has 4 rings (SSSR count). The number of hydrogen-bond donors (Lipinski definition) is 3. The molecule has 8 nitrogen and oxygen atoms in total. The first-order chi connectivity index (χ1) is 12.7. The molecule has 138 valence electrons. The minimum atomic E-state index is 0.335. The van der Waals surface area contributed by atoms with Crippen LogP contribution in [-0.2, 0) is 6.54 Å². The van der Waals surface area contributed by atoms with Gasteiger partial charge in [-0.15, -0.1) is 0 Å². The van der Waals surface area contributed by atoms with E-state index >= 15 is 0 Å². The van der Waals surface area contributed by atoms with Crippen LogP contribution in [-0.4, -0.2) is 59.1 Å². The molecule has 0 atom stereocenters. The fraction of sp³-hybridized carbons (Fsp3) is 0.500. The zero-order valence-electron chi connectivity index (χ0n) is 15.1. The van der Waals surface area contributed by atoms with Crippen molar-refractivity contribution in [2.75, 3.05) is 54.5 Å². The Morgan fingerprint density at radius 1 is 1.19 bits per heavy atom. The summed E-state index contributed by atoms with van der Waals surface area (Å²) in [6.07, 6.45) is 4.24. The van der Waals surface area contributed by atoms with Crippen LogP contribution in [0.3, 0.4) is 0 Å². The van der Waals surface area contributed by atoms with Gasteiger partial charge in [0, 0.05) is 63.6 Å². The number of aromatic nitrogens is 3. The molecule has 0 aromatic carbocycles. The predicted molar refractivity (Wildman–Crippen MR) is 104 cm³/mol. The molecule has 2 aromatic heterocycles. The number of pyridine rings is 1. The van der Waals surface area contributed by atoms with Gasteiger partial charge >= 0.3 is 0 Å². The summed E-state index contributed by atoms with van der Waals surface area (Å²) in [4.78, 5) is 17.9. The lowest BCUT2D eigenvalue weighted by Crippen LogP contribution is -2.46. The summed E-state index contributed by atoms with van der Waals surface area (Å²) < 4.78 is 0. The summed E-state index contributed by atoms with van der Waals surface area (Å²) >= 11 is 0. The molecule has 1 saturated carbocycles. The molecule has 3 heterocycles. The van der Waals surface area contributed by atoms with E-state index in [2.05, 4.69) is 41.5 Å². The Morgan fingerprint density at radius 3 is 2.73 bits per heavy atom. The highest BCUT2D eigenvalue weighted by Gasteiger charge is 2.23. The Morgan fingerprint density at radius 2 is 2.00 bits per heavy atom. The van der Waals surface area contributed by atoms with Gasteiger partial charge in [0.05, 0.1) is 0 Å². The molecular weight excluding hydrogens is 328 g/mol. The Bertz CT molecular complexity index is 753. The first kappa shape index (κ1) is 16.8. The average molecular weight is 354 g/mol. The standard InChI is InChI=1S/C18H26N8/c1-20-17-13(3-2-6-21-17)12-25-7-9-26(10-8-25)16-11-15(22-14-4-5-14)23-18(19)24-16/h2-3,6,11,14H,4-5,7-10,12H2,1H3,(H,20,21)(H3,19,22,23,24). The molecule has 1 aliphatic carbocycles. The van der Waals surface area contributed by atoms with Crippen LogP contribution >= 0.6 is 0 Å². The number of nitrogens with two attached hydrogens (primary N) is 1. The highest BCUT2D eigenvalue weighted by Crippen LogP contribution is 2.26. The normalized spacial score (nSPS) is 18.0. The third kappa shape index (κ3) is 3.96. The number of nitrogens with zero attached hydrogens (tertiary/aromatic N) is 5. The molecule has 0 unspecified atom stereocenters. The van der Waals surface area contributed by atoms with Gasteiger partial charge in [-0.05, 0) is 18.9 Å². The van der Waals surface area contributed by atoms with E-state index in [0.717, 1.165) is 50.2 Å². The maximum Gasteiger partial charge on any atom is 0.223 e. The van der Waals surface area contributed by atoms with E-state index in [4.69, 9.17) is 5.73 Å². The van der Waals surface area contributed by atoms with Gasteiger partial charge in [0.15, 0.2) is 0 Å². The molecule has 8 heteroatoms. The summed E-state index contributed by atoms with van der Waals surface area (Å²) in [6.45, 7) is 4.71. The minimum absolute atomic E-state index is 0.335. The Balaban J connectivity index is 1.38. The smallest absolute Gasteiger partial charge is 0.223 e. The lowest BCUT2D eigenvalue weighted by Gasteiger charge is -2.35. The third-order valence-electron chi connectivity index (χ3n) is 4.88. The average Bonchev–Trinajstić information content (AvgIpc) is 3.46. The van der Waals surface area contributed by atoms with Gasteiger partial charge < -0.3 is 21.3 Å². The minimum Gasteiger partial charge on any atom is -0.373 e. The van der Waals surface area contributed by atoms with Crippen molar-refractivity contribution in [3.63, 3.8) is 0 Å². The fourth-order valence-corrected chi connectivity index (χ4v) is 3.29. The van der Waals surface area contributed by atoms with Gasteiger partial charge in [-0.25, -0.2) is 4.98 Å². The summed E-state index contributed by atoms with van der Waals surface area (Å²) in [7, 11) is 1.91. The summed E-state index contributed by atoms with van der Waals surface area (Å²) in [5.41, 5.74) is 7.14. The molecule has 2 fully saturated rings. The zero-order valence-corrected chi connectivity index (χ0v) is 15.1. The van der Waals surface area contributed by atoms with Crippen LogP contribution in [0.25, 0.3) is 0 Å². The Labute approximate surface area is 153 Å². The molecule has 0 radical (unpaired) electrons. The fourth-order valence-electron chi connectivity index (χ4n) is 3.29. The number of piperazine rings is 1. The molecule has 2 aromatic rings. The van der Waals surface area contributed by atoms with E-state index in [1.165, 1.54) is 18.4 Å². The van der Waals surface area contributed by atoms with Crippen LogP contribution in [0.2, 0.25) is 0 Å². The molecular formula is C18H26N8. The Hall–Kier alpha value is -2.61. The van der Waals surface area contributed by atoms with Gasteiger partial charge in [0.2, 0.25) is 5.95 Å². The lowest BCUT2D eigenvalue weighted by atomic mass is 10.2. The highest BCUT2D eigenvalue weighted by atomic mass is 15.3. The van der Waals surface area contributed by atoms with E-state index < -0.39 is 0 Å². The first-order valence-corrected chi connectivity index (χ1v) is 9.21. The van der Waals surface area contributed by atoms with Crippen LogP contribution in [0.5, 0.6) is 0 Å². The van der Waals surface area contributed by atoms with Gasteiger partial charge in [-0.3, -0.25) is 4.90 Å². The number of hydrogen-bond acceptors (Lipinski definition) is 8. The van der Waals surface area contributed by atoms with Crippen LogP contribution < -0.4 is 21.3 Å². The van der Waals surface area contributed by atoms with Crippen molar-refractivity contribution >= 4 is 23.4 Å². The molecule has 1 saturated heterocycles. The van der Waals surface area contributed by atoms with Crippen LogP contribution in [0.1, 0.15) is 18.4 Å². The van der Waals surface area contributed by atoms with Crippen molar-refractivity contribution < 1.29 is 0 Å². The quantitative estimate of drug-likeness (QED) is 0.716. The number of rotatable bonds is 6. The number of nitrogen functional groups attached to an aromatic ring is 1. The van der Waals surface area contributed by atoms with E-state index in [-0.39, 0.29) is 0 Å². The van der Waals surface area contributed by atoms with Crippen molar-refractivity contribution in [3.8, 4) is 0 Å². The summed E-state index contributed by atoms with van der Waals surface area (Å²) in [6, 6.07) is 6.69. The van der Waals surface area contributed by atoms with Crippen molar-refractivity contribution in [1.82, 2.24) is 19.9 Å². The molecule has 0 bridgehead atoms. The summed E-state index contributed by atoms with van der Waals surface area (Å²) in [5.74, 6) is 3.04. The molecule has 26 heavy (non-hydrogen) atoms. The van der Waals surface area contributed by atoms with Gasteiger partial charge in [0.25, 0.3) is 0 Å². The number of anilines is 4. The van der Waals surface area contributed by atoms with Crippen LogP contribution in [0.4, 0.5) is 23.4 Å². The molecule has 0 amide bonds. The first-order valence-electron chi connectivity index (χ1n) is 9.21. The third-order valence-corrected chi connectivity index (χ3v) is 4.88. The molecule has 1 aliphatic heterocycles. The van der Waals surface area contributed by atoms with E-state index in [0.29, 0.717) is 12.0 Å². The maximum absolute atomic E-state index is 5.91. The molecule has 0 spiro atoms. The van der Waals surface area contributed by atoms with Crippen molar-refractivity contribution in [2.24, 2.45) is 0 Å². The van der Waals surface area contributed by atoms with Crippen molar-refractivity contribution in [3.05, 3.63) is 30.0 Å². The maximum atomic E-state index is 5.91. The zero-order chi connectivity index (χ0) is 17.9. The van der Waals surface area contributed by atoms with Crippen molar-refractivity contribution in [1.29, 1.82) is 0 Å². The highest BCUT2D eigenvalue weighted by molar-refractivity contribution is 5.53. The molecule has 4 N–H and O–H groups in total. The van der Waals surface area contributed by atoms with Crippen LogP contribution in [0, 0.1) is 0 Å². The van der Waals surface area contributed by atoms with Crippen molar-refractivity contribution in [2.45, 2.75) is 25.4 Å². The largest absolute Gasteiger partial charge is 0.373 e. The SMILES string of the molecule is CNc1ncccc1CN1CCN(c2cc(NC3CC3)nc(N)n2)CC1.